The lowest BCUT2D eigenvalue weighted by atomic mass is 9.97. The minimum Gasteiger partial charge on any atom is -0.353 e. The third kappa shape index (κ3) is 4.65. The van der Waals surface area contributed by atoms with E-state index in [1.54, 1.807) is 18.6 Å². The van der Waals surface area contributed by atoms with Crippen molar-refractivity contribution < 1.29 is 9.32 Å². The van der Waals surface area contributed by atoms with Crippen molar-refractivity contribution in [3.63, 3.8) is 0 Å². The van der Waals surface area contributed by atoms with Gasteiger partial charge in [0.1, 0.15) is 5.82 Å². The Morgan fingerprint density at radius 3 is 2.72 bits per heavy atom. The van der Waals surface area contributed by atoms with Gasteiger partial charge in [0.05, 0.1) is 6.20 Å². The molecule has 9 heteroatoms. The molecule has 156 valence electrons. The molecular weight excluding hydrogens is 370 g/mol. The average Bonchev–Trinajstić information content (AvgIpc) is 3.25. The molecule has 0 aliphatic carbocycles. The highest BCUT2D eigenvalue weighted by atomic mass is 16.5. The number of hydrogen-bond donors (Lipinski definition) is 1. The first-order valence-corrected chi connectivity index (χ1v) is 10.5. The van der Waals surface area contributed by atoms with Crippen molar-refractivity contribution in [1.29, 1.82) is 0 Å². The van der Waals surface area contributed by atoms with Gasteiger partial charge in [-0.15, -0.1) is 0 Å². The van der Waals surface area contributed by atoms with Crippen molar-refractivity contribution >= 4 is 11.8 Å². The van der Waals surface area contributed by atoms with Gasteiger partial charge in [0.25, 0.3) is 0 Å². The van der Waals surface area contributed by atoms with Crippen LogP contribution in [-0.4, -0.2) is 63.3 Å². The predicted molar refractivity (Wildman–Crippen MR) is 108 cm³/mol. The Kier molecular flexibility index (Phi) is 5.92. The molecular formula is C20H29N7O2. The third-order valence-corrected chi connectivity index (χ3v) is 5.73. The molecule has 0 bridgehead atoms. The Morgan fingerprint density at radius 2 is 2.03 bits per heavy atom. The van der Waals surface area contributed by atoms with Gasteiger partial charge in [-0.25, -0.2) is 9.78 Å². The second-order valence-electron chi connectivity index (χ2n) is 8.21. The van der Waals surface area contributed by atoms with Crippen LogP contribution in [0.2, 0.25) is 0 Å². The van der Waals surface area contributed by atoms with Crippen LogP contribution in [0.5, 0.6) is 0 Å². The molecule has 2 fully saturated rings. The number of carbonyl (C=O) groups excluding carboxylic acids is 1. The van der Waals surface area contributed by atoms with E-state index in [9.17, 15) is 4.79 Å². The zero-order chi connectivity index (χ0) is 20.2. The van der Waals surface area contributed by atoms with Gasteiger partial charge in [-0.3, -0.25) is 4.98 Å². The van der Waals surface area contributed by atoms with Gasteiger partial charge in [0.15, 0.2) is 5.82 Å². The van der Waals surface area contributed by atoms with Gasteiger partial charge >= 0.3 is 6.03 Å². The monoisotopic (exact) mass is 399 g/mol. The third-order valence-electron chi connectivity index (χ3n) is 5.73. The number of carbonyl (C=O) groups is 1. The van der Waals surface area contributed by atoms with Gasteiger partial charge < -0.3 is 19.6 Å². The van der Waals surface area contributed by atoms with Crippen molar-refractivity contribution in [1.82, 2.24) is 30.3 Å². The number of aromatic nitrogens is 4. The van der Waals surface area contributed by atoms with Crippen LogP contribution in [0, 0.1) is 0 Å². The fraction of sp³-hybridized carbons (Fsp3) is 0.650. The number of amides is 2. The first-order chi connectivity index (χ1) is 14.1. The Morgan fingerprint density at radius 1 is 1.21 bits per heavy atom. The zero-order valence-corrected chi connectivity index (χ0v) is 17.1. The summed E-state index contributed by atoms with van der Waals surface area (Å²) in [4.78, 5) is 29.9. The Labute approximate surface area is 170 Å². The molecule has 2 aromatic heterocycles. The highest BCUT2D eigenvalue weighted by Crippen LogP contribution is 2.28. The summed E-state index contributed by atoms with van der Waals surface area (Å²) in [6.07, 6.45) is 8.87. The summed E-state index contributed by atoms with van der Waals surface area (Å²) in [5.74, 6) is 2.83. The molecule has 29 heavy (non-hydrogen) atoms. The largest absolute Gasteiger partial charge is 0.353 e. The standard InChI is InChI=1S/C20H29N7O2/c1-14(2)18-24-19(29-25-18)15-5-10-26(11-6-15)20(28)23-16-4-3-9-27(13-16)17-12-21-7-8-22-17/h7-8,12,14-16H,3-6,9-11,13H2,1-2H3,(H,23,28). The smallest absolute Gasteiger partial charge is 0.317 e. The molecule has 1 N–H and O–H groups in total. The topological polar surface area (TPSA) is 100 Å². The highest BCUT2D eigenvalue weighted by molar-refractivity contribution is 5.74. The maximum atomic E-state index is 12.8. The molecule has 0 aromatic carbocycles. The van der Waals surface area contributed by atoms with Crippen LogP contribution in [0.25, 0.3) is 0 Å². The van der Waals surface area contributed by atoms with Gasteiger partial charge in [0.2, 0.25) is 5.89 Å². The number of nitrogens with one attached hydrogen (secondary N) is 1. The summed E-state index contributed by atoms with van der Waals surface area (Å²) >= 11 is 0. The maximum absolute atomic E-state index is 12.8. The van der Waals surface area contributed by atoms with Crippen molar-refractivity contribution in [2.24, 2.45) is 0 Å². The quantitative estimate of drug-likeness (QED) is 0.843. The molecule has 2 aliphatic heterocycles. The second kappa shape index (κ2) is 8.75. The second-order valence-corrected chi connectivity index (χ2v) is 8.21. The van der Waals surface area contributed by atoms with E-state index in [1.807, 2.05) is 4.90 Å². The molecule has 2 aliphatic rings. The van der Waals surface area contributed by atoms with E-state index >= 15 is 0 Å². The first-order valence-electron chi connectivity index (χ1n) is 10.5. The van der Waals surface area contributed by atoms with E-state index in [0.717, 1.165) is 50.4 Å². The highest BCUT2D eigenvalue weighted by Gasteiger charge is 2.29. The van der Waals surface area contributed by atoms with Crippen LogP contribution in [0.1, 0.15) is 63.1 Å². The van der Waals surface area contributed by atoms with Crippen LogP contribution < -0.4 is 10.2 Å². The van der Waals surface area contributed by atoms with E-state index in [1.165, 1.54) is 0 Å². The number of hydrogen-bond acceptors (Lipinski definition) is 7. The molecule has 1 atom stereocenters. The SMILES string of the molecule is CC(C)c1noc(C2CCN(C(=O)NC3CCCN(c4cnccn4)C3)CC2)n1. The van der Waals surface area contributed by atoms with E-state index in [4.69, 9.17) is 4.52 Å². The summed E-state index contributed by atoms with van der Waals surface area (Å²) in [6.45, 7) is 7.23. The van der Waals surface area contributed by atoms with E-state index in [-0.39, 0.29) is 23.9 Å². The lowest BCUT2D eigenvalue weighted by Crippen LogP contribution is -2.53. The van der Waals surface area contributed by atoms with Gasteiger partial charge in [0, 0.05) is 56.5 Å². The van der Waals surface area contributed by atoms with Crippen molar-refractivity contribution in [3.05, 3.63) is 30.3 Å². The number of urea groups is 1. The van der Waals surface area contributed by atoms with Crippen LogP contribution >= 0.6 is 0 Å². The fourth-order valence-electron chi connectivity index (χ4n) is 4.00. The van der Waals surface area contributed by atoms with E-state index in [0.29, 0.717) is 19.0 Å². The summed E-state index contributed by atoms with van der Waals surface area (Å²) in [7, 11) is 0. The first kappa shape index (κ1) is 19.6. The van der Waals surface area contributed by atoms with Crippen LogP contribution in [-0.2, 0) is 0 Å². The van der Waals surface area contributed by atoms with Crippen molar-refractivity contribution in [3.8, 4) is 0 Å². The van der Waals surface area contributed by atoms with Gasteiger partial charge in [-0.2, -0.15) is 4.98 Å². The summed E-state index contributed by atoms with van der Waals surface area (Å²) in [5.41, 5.74) is 0. The summed E-state index contributed by atoms with van der Waals surface area (Å²) < 4.78 is 5.44. The van der Waals surface area contributed by atoms with Gasteiger partial charge in [-0.05, 0) is 25.7 Å². The van der Waals surface area contributed by atoms with Crippen molar-refractivity contribution in [2.45, 2.75) is 57.4 Å². The molecule has 2 amide bonds. The minimum atomic E-state index is 0.0165. The molecule has 0 spiro atoms. The lowest BCUT2D eigenvalue weighted by Gasteiger charge is -2.36. The normalized spacial score (nSPS) is 20.9. The van der Waals surface area contributed by atoms with Crippen LogP contribution in [0.4, 0.5) is 10.6 Å². The lowest BCUT2D eigenvalue weighted by molar-refractivity contribution is 0.170. The number of likely N-dealkylation sites (tertiary alicyclic amines) is 1. The summed E-state index contributed by atoms with van der Waals surface area (Å²) in [6, 6.07) is 0.142. The Balaban J connectivity index is 1.27. The molecule has 9 nitrogen and oxygen atoms in total. The number of rotatable bonds is 4. The Hall–Kier alpha value is -2.71. The van der Waals surface area contributed by atoms with E-state index in [2.05, 4.69) is 44.2 Å². The average molecular weight is 399 g/mol. The predicted octanol–water partition coefficient (Wildman–Crippen LogP) is 2.54. The molecule has 0 saturated carbocycles. The number of nitrogens with zero attached hydrogens (tertiary/aromatic N) is 6. The number of piperidine rings is 2. The number of anilines is 1. The minimum absolute atomic E-state index is 0.0165. The Bertz CT molecular complexity index is 802. The molecule has 2 aromatic rings. The molecule has 0 radical (unpaired) electrons. The fourth-order valence-corrected chi connectivity index (χ4v) is 4.00. The molecule has 4 heterocycles. The maximum Gasteiger partial charge on any atom is 0.317 e. The molecule has 1 unspecified atom stereocenters. The van der Waals surface area contributed by atoms with Crippen LogP contribution in [0.15, 0.2) is 23.1 Å². The zero-order valence-electron chi connectivity index (χ0n) is 17.1. The summed E-state index contributed by atoms with van der Waals surface area (Å²) in [5, 5.41) is 7.27. The van der Waals surface area contributed by atoms with Crippen LogP contribution in [0.3, 0.4) is 0 Å². The molecule has 4 rings (SSSR count). The molecule has 2 saturated heterocycles. The van der Waals surface area contributed by atoms with Crippen molar-refractivity contribution in [2.75, 3.05) is 31.1 Å². The van der Waals surface area contributed by atoms with E-state index < -0.39 is 0 Å². The van der Waals surface area contributed by atoms with Gasteiger partial charge in [-0.1, -0.05) is 19.0 Å².